The summed E-state index contributed by atoms with van der Waals surface area (Å²) in [4.78, 5) is 0. The summed E-state index contributed by atoms with van der Waals surface area (Å²) in [6, 6.07) is 0. The van der Waals surface area contributed by atoms with Crippen LogP contribution in [-0.4, -0.2) is 22.4 Å². The van der Waals surface area contributed by atoms with Crippen molar-refractivity contribution in [2.24, 2.45) is 11.8 Å². The van der Waals surface area contributed by atoms with Crippen LogP contribution in [0.15, 0.2) is 0 Å². The lowest BCUT2D eigenvalue weighted by Crippen LogP contribution is -2.40. The fourth-order valence-corrected chi connectivity index (χ4v) is 2.11. The second kappa shape index (κ2) is 4.24. The second-order valence-electron chi connectivity index (χ2n) is 4.04. The molecule has 1 aliphatic rings. The average molecular weight is 172 g/mol. The third-order valence-corrected chi connectivity index (χ3v) is 3.25. The molecule has 0 aromatic carbocycles. The molecule has 2 N–H and O–H groups in total. The topological polar surface area (TPSA) is 40.5 Å². The van der Waals surface area contributed by atoms with E-state index in [-0.39, 0.29) is 0 Å². The molecule has 0 spiro atoms. The highest BCUT2D eigenvalue weighted by Gasteiger charge is 2.32. The van der Waals surface area contributed by atoms with Crippen molar-refractivity contribution < 1.29 is 10.2 Å². The zero-order chi connectivity index (χ0) is 9.14. The summed E-state index contributed by atoms with van der Waals surface area (Å²) < 4.78 is 0. The fraction of sp³-hybridized carbons (Fsp3) is 1.00. The normalized spacial score (nSPS) is 39.5. The Morgan fingerprint density at radius 3 is 2.58 bits per heavy atom. The van der Waals surface area contributed by atoms with E-state index in [0.29, 0.717) is 11.8 Å². The van der Waals surface area contributed by atoms with Crippen LogP contribution in [0.25, 0.3) is 0 Å². The minimum atomic E-state index is -0.478. The Bertz CT molecular complexity index is 136. The van der Waals surface area contributed by atoms with E-state index in [2.05, 4.69) is 13.8 Å². The molecule has 0 bridgehead atoms. The van der Waals surface area contributed by atoms with Crippen molar-refractivity contribution in [3.05, 3.63) is 0 Å². The standard InChI is InChI=1S/C10H20O2/c1-3-7(2)8-5-4-6-9(11)10(8)12/h7-12H,3-6H2,1-2H3/t7?,8?,9-,10+/m0/s1. The minimum Gasteiger partial charge on any atom is -0.390 e. The van der Waals surface area contributed by atoms with Crippen LogP contribution in [0.1, 0.15) is 39.5 Å². The first kappa shape index (κ1) is 10.0. The SMILES string of the molecule is CCC(C)C1CCC[C@H](O)[C@@H]1O. The summed E-state index contributed by atoms with van der Waals surface area (Å²) in [5, 5.41) is 19.1. The van der Waals surface area contributed by atoms with Crippen molar-refractivity contribution in [1.82, 2.24) is 0 Å². The van der Waals surface area contributed by atoms with Crippen molar-refractivity contribution in [2.75, 3.05) is 0 Å². The number of hydrogen-bond acceptors (Lipinski definition) is 2. The Morgan fingerprint density at radius 1 is 1.33 bits per heavy atom. The van der Waals surface area contributed by atoms with Crippen molar-refractivity contribution in [1.29, 1.82) is 0 Å². The van der Waals surface area contributed by atoms with Crippen LogP contribution in [0.3, 0.4) is 0 Å². The largest absolute Gasteiger partial charge is 0.390 e. The first-order valence-electron chi connectivity index (χ1n) is 5.03. The molecule has 1 rings (SSSR count). The minimum absolute atomic E-state index is 0.318. The smallest absolute Gasteiger partial charge is 0.0829 e. The summed E-state index contributed by atoms with van der Waals surface area (Å²) in [7, 11) is 0. The van der Waals surface area contributed by atoms with Gasteiger partial charge in [0.05, 0.1) is 12.2 Å². The van der Waals surface area contributed by atoms with Gasteiger partial charge in [-0.2, -0.15) is 0 Å². The average Bonchev–Trinajstić information content (AvgIpc) is 2.08. The first-order chi connectivity index (χ1) is 5.66. The van der Waals surface area contributed by atoms with Gasteiger partial charge in [0.1, 0.15) is 0 Å². The molecule has 2 nitrogen and oxygen atoms in total. The molecule has 4 atom stereocenters. The van der Waals surface area contributed by atoms with Gasteiger partial charge in [-0.3, -0.25) is 0 Å². The molecule has 1 saturated carbocycles. The van der Waals surface area contributed by atoms with Gasteiger partial charge in [0, 0.05) is 0 Å². The van der Waals surface area contributed by atoms with E-state index >= 15 is 0 Å². The lowest BCUT2D eigenvalue weighted by Gasteiger charge is -2.35. The molecule has 0 aromatic heterocycles. The predicted octanol–water partition coefficient (Wildman–Crippen LogP) is 1.55. The van der Waals surface area contributed by atoms with Crippen molar-refractivity contribution in [3.8, 4) is 0 Å². The number of hydrogen-bond donors (Lipinski definition) is 2. The van der Waals surface area contributed by atoms with E-state index in [0.717, 1.165) is 25.7 Å². The van der Waals surface area contributed by atoms with Gasteiger partial charge in [-0.05, 0) is 24.7 Å². The number of aliphatic hydroxyl groups excluding tert-OH is 2. The third kappa shape index (κ3) is 1.99. The van der Waals surface area contributed by atoms with Crippen LogP contribution in [0, 0.1) is 11.8 Å². The van der Waals surface area contributed by atoms with Crippen LogP contribution < -0.4 is 0 Å². The van der Waals surface area contributed by atoms with E-state index in [1.54, 1.807) is 0 Å². The van der Waals surface area contributed by atoms with Crippen LogP contribution in [0.2, 0.25) is 0 Å². The van der Waals surface area contributed by atoms with Gasteiger partial charge in [0.15, 0.2) is 0 Å². The molecule has 72 valence electrons. The molecule has 1 aliphatic carbocycles. The zero-order valence-corrected chi connectivity index (χ0v) is 8.03. The van der Waals surface area contributed by atoms with E-state index in [4.69, 9.17) is 0 Å². The number of aliphatic hydroxyl groups is 2. The Balaban J connectivity index is 2.51. The van der Waals surface area contributed by atoms with Crippen LogP contribution >= 0.6 is 0 Å². The highest BCUT2D eigenvalue weighted by Crippen LogP contribution is 2.31. The van der Waals surface area contributed by atoms with Gasteiger partial charge in [-0.15, -0.1) is 0 Å². The summed E-state index contributed by atoms with van der Waals surface area (Å²) in [6.07, 6.45) is 3.05. The molecular formula is C10H20O2. The van der Waals surface area contributed by atoms with Crippen molar-refractivity contribution in [2.45, 2.75) is 51.7 Å². The fourth-order valence-electron chi connectivity index (χ4n) is 2.11. The van der Waals surface area contributed by atoms with Gasteiger partial charge in [-0.25, -0.2) is 0 Å². The zero-order valence-electron chi connectivity index (χ0n) is 8.03. The summed E-state index contributed by atoms with van der Waals surface area (Å²) in [6.45, 7) is 4.30. The molecular weight excluding hydrogens is 152 g/mol. The summed E-state index contributed by atoms with van der Waals surface area (Å²) >= 11 is 0. The maximum atomic E-state index is 9.69. The molecule has 0 heterocycles. The molecule has 0 aliphatic heterocycles. The van der Waals surface area contributed by atoms with Crippen molar-refractivity contribution >= 4 is 0 Å². The monoisotopic (exact) mass is 172 g/mol. The van der Waals surface area contributed by atoms with Gasteiger partial charge < -0.3 is 10.2 Å². The molecule has 2 heteroatoms. The highest BCUT2D eigenvalue weighted by molar-refractivity contribution is 4.83. The van der Waals surface area contributed by atoms with E-state index in [1.165, 1.54) is 0 Å². The van der Waals surface area contributed by atoms with Gasteiger partial charge in [0.25, 0.3) is 0 Å². The van der Waals surface area contributed by atoms with Gasteiger partial charge in [-0.1, -0.05) is 26.7 Å². The van der Waals surface area contributed by atoms with Crippen molar-refractivity contribution in [3.63, 3.8) is 0 Å². The van der Waals surface area contributed by atoms with E-state index < -0.39 is 12.2 Å². The quantitative estimate of drug-likeness (QED) is 0.663. The van der Waals surface area contributed by atoms with E-state index in [1.807, 2.05) is 0 Å². The predicted molar refractivity (Wildman–Crippen MR) is 48.8 cm³/mol. The maximum absolute atomic E-state index is 9.69. The maximum Gasteiger partial charge on any atom is 0.0829 e. The van der Waals surface area contributed by atoms with Crippen LogP contribution in [-0.2, 0) is 0 Å². The Morgan fingerprint density at radius 2 is 2.00 bits per heavy atom. The molecule has 0 aromatic rings. The Kier molecular flexibility index (Phi) is 3.53. The highest BCUT2D eigenvalue weighted by atomic mass is 16.3. The van der Waals surface area contributed by atoms with Crippen LogP contribution in [0.5, 0.6) is 0 Å². The Labute approximate surface area is 74.6 Å². The molecule has 12 heavy (non-hydrogen) atoms. The summed E-state index contributed by atoms with van der Waals surface area (Å²) in [5.74, 6) is 0.855. The van der Waals surface area contributed by atoms with E-state index in [9.17, 15) is 10.2 Å². The first-order valence-corrected chi connectivity index (χ1v) is 5.03. The number of rotatable bonds is 2. The Hall–Kier alpha value is -0.0800. The molecule has 0 saturated heterocycles. The second-order valence-corrected chi connectivity index (χ2v) is 4.04. The molecule has 0 radical (unpaired) electrons. The van der Waals surface area contributed by atoms with Gasteiger partial charge >= 0.3 is 0 Å². The third-order valence-electron chi connectivity index (χ3n) is 3.25. The summed E-state index contributed by atoms with van der Waals surface area (Å²) in [5.41, 5.74) is 0. The molecule has 2 unspecified atom stereocenters. The lowest BCUT2D eigenvalue weighted by atomic mass is 9.76. The van der Waals surface area contributed by atoms with Crippen LogP contribution in [0.4, 0.5) is 0 Å². The molecule has 1 fully saturated rings. The molecule has 0 amide bonds. The lowest BCUT2D eigenvalue weighted by molar-refractivity contribution is -0.0599. The van der Waals surface area contributed by atoms with Gasteiger partial charge in [0.2, 0.25) is 0 Å².